The van der Waals surface area contributed by atoms with Crippen LogP contribution in [-0.4, -0.2) is 37.8 Å². The monoisotopic (exact) mass is 425 g/mol. The van der Waals surface area contributed by atoms with Crippen molar-refractivity contribution in [2.45, 2.75) is 11.3 Å². The van der Waals surface area contributed by atoms with Crippen LogP contribution >= 0.6 is 0 Å². The fraction of sp³-hybridized carbons (Fsp3) is 0.190. The molecule has 4 N–H and O–H groups in total. The minimum atomic E-state index is -1.49. The van der Waals surface area contributed by atoms with Crippen molar-refractivity contribution in [1.29, 1.82) is 0 Å². The number of halogens is 1. The van der Waals surface area contributed by atoms with E-state index in [1.54, 1.807) is 34.6 Å². The summed E-state index contributed by atoms with van der Waals surface area (Å²) in [5.74, 6) is -1.02. The van der Waals surface area contributed by atoms with Gasteiger partial charge in [-0.2, -0.15) is 0 Å². The molecule has 1 aliphatic heterocycles. The molecule has 1 saturated heterocycles. The lowest BCUT2D eigenvalue weighted by Gasteiger charge is -2.21. The lowest BCUT2D eigenvalue weighted by molar-refractivity contribution is -0.121. The Labute approximate surface area is 176 Å². The van der Waals surface area contributed by atoms with Crippen LogP contribution < -0.4 is 11.5 Å². The van der Waals surface area contributed by atoms with Crippen molar-refractivity contribution >= 4 is 23.2 Å². The highest BCUT2D eigenvalue weighted by Crippen LogP contribution is 2.34. The first kappa shape index (κ1) is 20.3. The number of hydrogen-bond donors (Lipinski definition) is 2. The van der Waals surface area contributed by atoms with Crippen molar-refractivity contribution in [3.63, 3.8) is 0 Å². The molecule has 154 valence electrons. The van der Waals surface area contributed by atoms with Gasteiger partial charge in [-0.05, 0) is 30.2 Å². The molecule has 0 aliphatic carbocycles. The molecule has 2 atom stereocenters. The highest BCUT2D eigenvalue weighted by atomic mass is 32.2. The molecule has 1 aliphatic rings. The number of nitrogen functional groups attached to an aromatic ring is 1. The van der Waals surface area contributed by atoms with Gasteiger partial charge in [0.15, 0.2) is 4.90 Å². The van der Waals surface area contributed by atoms with Crippen LogP contribution in [0.25, 0.3) is 22.3 Å². The molecule has 3 aromatic rings. The summed E-state index contributed by atoms with van der Waals surface area (Å²) in [5, 5.41) is 0. The van der Waals surface area contributed by atoms with Gasteiger partial charge in [-0.1, -0.05) is 24.3 Å². The van der Waals surface area contributed by atoms with Gasteiger partial charge in [-0.15, -0.1) is 4.31 Å². The van der Waals surface area contributed by atoms with E-state index in [1.165, 1.54) is 18.5 Å². The number of carbonyl (C=O) groups is 1. The van der Waals surface area contributed by atoms with Gasteiger partial charge in [0, 0.05) is 35.6 Å². The molecule has 1 aromatic heterocycles. The second kappa shape index (κ2) is 8.39. The van der Waals surface area contributed by atoms with Gasteiger partial charge in [0.25, 0.3) is 0 Å². The number of benzene rings is 2. The van der Waals surface area contributed by atoms with Crippen LogP contribution in [0.1, 0.15) is 6.42 Å². The van der Waals surface area contributed by atoms with E-state index in [0.29, 0.717) is 46.7 Å². The van der Waals surface area contributed by atoms with Crippen molar-refractivity contribution in [3.8, 4) is 22.3 Å². The minimum absolute atomic E-state index is 0.118. The molecule has 0 bridgehead atoms. The molecular formula is C21H20FN5O2S. The van der Waals surface area contributed by atoms with Gasteiger partial charge >= 0.3 is 0 Å². The predicted molar refractivity (Wildman–Crippen MR) is 113 cm³/mol. The van der Waals surface area contributed by atoms with Crippen molar-refractivity contribution in [2.24, 2.45) is 11.7 Å². The fourth-order valence-electron chi connectivity index (χ4n) is 3.50. The van der Waals surface area contributed by atoms with Gasteiger partial charge in [0.2, 0.25) is 11.9 Å². The highest BCUT2D eigenvalue weighted by molar-refractivity contribution is 7.89. The smallest absolute Gasteiger partial charge is 0.222 e. The summed E-state index contributed by atoms with van der Waals surface area (Å²) >= 11 is -1.49. The second-order valence-corrected chi connectivity index (χ2v) is 8.50. The molecule has 0 spiro atoms. The number of nitrogens with zero attached hydrogens (tertiary/aromatic N) is 3. The maximum atomic E-state index is 14.9. The number of primary amides is 1. The molecule has 0 saturated carbocycles. The Bertz CT molecular complexity index is 1080. The van der Waals surface area contributed by atoms with Gasteiger partial charge in [0.1, 0.15) is 5.82 Å². The SMILES string of the molecule is NC(=O)C1CCN([S+]([O-])c2ccccc2-c2ccc(-c3cnc(N)nc3)c(F)c2)C1. The van der Waals surface area contributed by atoms with E-state index >= 15 is 0 Å². The summed E-state index contributed by atoms with van der Waals surface area (Å²) in [7, 11) is 0. The van der Waals surface area contributed by atoms with Crippen LogP contribution in [0.4, 0.5) is 10.3 Å². The molecule has 2 aromatic carbocycles. The maximum absolute atomic E-state index is 14.9. The van der Waals surface area contributed by atoms with Crippen molar-refractivity contribution < 1.29 is 13.7 Å². The first-order valence-electron chi connectivity index (χ1n) is 9.37. The van der Waals surface area contributed by atoms with Crippen LogP contribution in [0.3, 0.4) is 0 Å². The summed E-state index contributed by atoms with van der Waals surface area (Å²) in [6.07, 6.45) is 3.51. The molecule has 9 heteroatoms. The third kappa shape index (κ3) is 4.00. The zero-order valence-electron chi connectivity index (χ0n) is 16.0. The van der Waals surface area contributed by atoms with E-state index in [9.17, 15) is 13.7 Å². The van der Waals surface area contributed by atoms with Crippen LogP contribution in [0, 0.1) is 11.7 Å². The summed E-state index contributed by atoms with van der Waals surface area (Å²) in [4.78, 5) is 19.8. The Morgan fingerprint density at radius 3 is 2.53 bits per heavy atom. The third-order valence-electron chi connectivity index (χ3n) is 5.13. The lowest BCUT2D eigenvalue weighted by atomic mass is 10.0. The quantitative estimate of drug-likeness (QED) is 0.605. The zero-order chi connectivity index (χ0) is 21.3. The van der Waals surface area contributed by atoms with Gasteiger partial charge in [-0.3, -0.25) is 4.79 Å². The minimum Gasteiger partial charge on any atom is -0.593 e. The van der Waals surface area contributed by atoms with Crippen LogP contribution in [0.2, 0.25) is 0 Å². The van der Waals surface area contributed by atoms with Crippen molar-refractivity contribution in [1.82, 2.24) is 14.3 Å². The first-order valence-corrected chi connectivity index (χ1v) is 10.5. The Hall–Kier alpha value is -3.01. The fourth-order valence-corrected chi connectivity index (χ4v) is 4.94. The lowest BCUT2D eigenvalue weighted by Crippen LogP contribution is -2.32. The number of nitrogens with two attached hydrogens (primary N) is 2. The zero-order valence-corrected chi connectivity index (χ0v) is 16.8. The summed E-state index contributed by atoms with van der Waals surface area (Å²) in [6.45, 7) is 0.861. The average molecular weight is 425 g/mol. The number of amides is 1. The normalized spacial score (nSPS) is 17.7. The van der Waals surface area contributed by atoms with E-state index in [2.05, 4.69) is 9.97 Å². The van der Waals surface area contributed by atoms with Gasteiger partial charge in [0.05, 0.1) is 23.8 Å². The number of anilines is 1. The molecule has 0 radical (unpaired) electrons. The van der Waals surface area contributed by atoms with E-state index < -0.39 is 17.2 Å². The number of carbonyl (C=O) groups excluding carboxylic acids is 1. The van der Waals surface area contributed by atoms with Gasteiger partial charge < -0.3 is 16.0 Å². The van der Waals surface area contributed by atoms with Crippen molar-refractivity contribution in [2.75, 3.05) is 18.8 Å². The summed E-state index contributed by atoms with van der Waals surface area (Å²) in [6, 6.07) is 12.0. The molecule has 2 unspecified atom stereocenters. The summed E-state index contributed by atoms with van der Waals surface area (Å²) in [5.41, 5.74) is 13.0. The third-order valence-corrected chi connectivity index (χ3v) is 6.66. The molecule has 2 heterocycles. The molecule has 1 fully saturated rings. The number of hydrogen-bond acceptors (Lipinski definition) is 6. The van der Waals surface area contributed by atoms with E-state index in [0.717, 1.165) is 0 Å². The van der Waals surface area contributed by atoms with E-state index in [4.69, 9.17) is 11.5 Å². The van der Waals surface area contributed by atoms with E-state index in [-0.39, 0.29) is 17.8 Å². The van der Waals surface area contributed by atoms with Crippen LogP contribution in [0.5, 0.6) is 0 Å². The highest BCUT2D eigenvalue weighted by Gasteiger charge is 2.35. The number of rotatable bonds is 5. The second-order valence-electron chi connectivity index (χ2n) is 7.05. The maximum Gasteiger partial charge on any atom is 0.222 e. The standard InChI is InChI=1S/C21H20FN5O2S/c22-18-9-13(5-6-16(18)15-10-25-21(24)26-11-15)17-3-1-2-4-19(17)30(29)27-8-7-14(12-27)20(23)28/h1-6,9-11,14H,7-8,12H2,(H2,23,28)(H2,24,25,26). The Morgan fingerprint density at radius 2 is 1.87 bits per heavy atom. The Balaban J connectivity index is 1.64. The summed E-state index contributed by atoms with van der Waals surface area (Å²) < 4.78 is 29.8. The molecular weight excluding hydrogens is 405 g/mol. The van der Waals surface area contributed by atoms with Crippen LogP contribution in [-0.2, 0) is 16.2 Å². The van der Waals surface area contributed by atoms with Gasteiger partial charge in [-0.25, -0.2) is 14.4 Å². The first-order chi connectivity index (χ1) is 14.4. The predicted octanol–water partition coefficient (Wildman–Crippen LogP) is 2.36. The Kier molecular flexibility index (Phi) is 5.67. The number of aromatic nitrogens is 2. The van der Waals surface area contributed by atoms with Crippen LogP contribution in [0.15, 0.2) is 59.8 Å². The molecule has 1 amide bonds. The topological polar surface area (TPSA) is 121 Å². The molecule has 4 rings (SSSR count). The van der Waals surface area contributed by atoms with Crippen molar-refractivity contribution in [3.05, 3.63) is 60.7 Å². The molecule has 30 heavy (non-hydrogen) atoms. The van der Waals surface area contributed by atoms with E-state index in [1.807, 2.05) is 6.07 Å². The largest absolute Gasteiger partial charge is 0.593 e. The average Bonchev–Trinajstić information content (AvgIpc) is 3.25. The Morgan fingerprint density at radius 1 is 1.13 bits per heavy atom. The molecule has 7 nitrogen and oxygen atoms in total.